The van der Waals surface area contributed by atoms with Crippen LogP contribution in [0, 0.1) is 5.92 Å². The second-order valence-electron chi connectivity index (χ2n) is 6.87. The molecule has 0 aromatic rings. The van der Waals surface area contributed by atoms with Crippen molar-refractivity contribution in [1.82, 2.24) is 20.4 Å². The number of carbonyl (C=O) groups excluding carboxylic acids is 3. The summed E-state index contributed by atoms with van der Waals surface area (Å²) >= 11 is 0. The molecule has 0 aromatic carbocycles. The molecule has 4 N–H and O–H groups in total. The summed E-state index contributed by atoms with van der Waals surface area (Å²) < 4.78 is 0. The van der Waals surface area contributed by atoms with Crippen molar-refractivity contribution in [2.24, 2.45) is 11.7 Å². The van der Waals surface area contributed by atoms with E-state index in [9.17, 15) is 14.4 Å². The standard InChI is InChI=1S/C16H31N5O3.2ClH/c1-11(2)15(17)16(24)18-9-14(23)21-7-5-20(6-8-21)10-13(22)19-12(3)4;;/h11-12,15H,5-10,17H2,1-4H3,(H,18,24)(H,19,22);2*1H/t15-;;/m0../s1. The molecule has 0 aromatic heterocycles. The third kappa shape index (κ3) is 9.56. The minimum absolute atomic E-state index is 0. The molecule has 1 rings (SSSR count). The van der Waals surface area contributed by atoms with Gasteiger partial charge in [0.15, 0.2) is 0 Å². The van der Waals surface area contributed by atoms with Crippen LogP contribution in [0.5, 0.6) is 0 Å². The Balaban J connectivity index is 0. The van der Waals surface area contributed by atoms with E-state index in [1.54, 1.807) is 4.90 Å². The Morgan fingerprint density at radius 2 is 1.54 bits per heavy atom. The summed E-state index contributed by atoms with van der Waals surface area (Å²) in [6, 6.07) is -0.477. The fourth-order valence-electron chi connectivity index (χ4n) is 2.42. The van der Waals surface area contributed by atoms with Crippen molar-refractivity contribution >= 4 is 42.5 Å². The van der Waals surface area contributed by atoms with Gasteiger partial charge in [-0.25, -0.2) is 0 Å². The molecule has 154 valence electrons. The molecule has 1 atom stereocenters. The van der Waals surface area contributed by atoms with Crippen LogP contribution >= 0.6 is 24.8 Å². The van der Waals surface area contributed by atoms with Crippen LogP contribution in [-0.4, -0.2) is 78.9 Å². The molecule has 0 radical (unpaired) electrons. The Morgan fingerprint density at radius 3 is 2.00 bits per heavy atom. The number of amides is 3. The zero-order valence-corrected chi connectivity index (χ0v) is 17.6. The first-order chi connectivity index (χ1) is 11.2. The highest BCUT2D eigenvalue weighted by Crippen LogP contribution is 2.02. The number of nitrogens with two attached hydrogens (primary N) is 1. The molecule has 8 nitrogen and oxygen atoms in total. The zero-order chi connectivity index (χ0) is 18.3. The average molecular weight is 414 g/mol. The van der Waals surface area contributed by atoms with Gasteiger partial charge in [-0.1, -0.05) is 13.8 Å². The quantitative estimate of drug-likeness (QED) is 0.526. The Morgan fingerprint density at radius 1 is 1.00 bits per heavy atom. The summed E-state index contributed by atoms with van der Waals surface area (Å²) in [5.74, 6) is -0.395. The fourth-order valence-corrected chi connectivity index (χ4v) is 2.42. The van der Waals surface area contributed by atoms with Crippen LogP contribution in [-0.2, 0) is 14.4 Å². The molecule has 0 aliphatic carbocycles. The molecule has 0 bridgehead atoms. The van der Waals surface area contributed by atoms with Gasteiger partial charge in [0.1, 0.15) is 0 Å². The summed E-state index contributed by atoms with van der Waals surface area (Å²) in [6.07, 6.45) is 0. The molecule has 1 heterocycles. The summed E-state index contributed by atoms with van der Waals surface area (Å²) in [4.78, 5) is 39.4. The van der Waals surface area contributed by atoms with E-state index in [1.807, 2.05) is 32.6 Å². The number of carbonyl (C=O) groups is 3. The van der Waals surface area contributed by atoms with Gasteiger partial charge in [0, 0.05) is 32.2 Å². The van der Waals surface area contributed by atoms with Gasteiger partial charge in [0.2, 0.25) is 17.7 Å². The number of halogens is 2. The van der Waals surface area contributed by atoms with Crippen molar-refractivity contribution in [3.05, 3.63) is 0 Å². The lowest BCUT2D eigenvalue weighted by Gasteiger charge is -2.34. The number of nitrogens with zero attached hydrogens (tertiary/aromatic N) is 2. The Labute approximate surface area is 168 Å². The van der Waals surface area contributed by atoms with E-state index >= 15 is 0 Å². The summed E-state index contributed by atoms with van der Waals surface area (Å²) in [6.45, 7) is 10.3. The summed E-state index contributed by atoms with van der Waals surface area (Å²) in [5.41, 5.74) is 5.74. The highest BCUT2D eigenvalue weighted by atomic mass is 35.5. The molecular formula is C16H33Cl2N5O3. The van der Waals surface area contributed by atoms with Crippen molar-refractivity contribution in [3.63, 3.8) is 0 Å². The second kappa shape index (κ2) is 13.1. The van der Waals surface area contributed by atoms with E-state index in [4.69, 9.17) is 5.73 Å². The second-order valence-corrected chi connectivity index (χ2v) is 6.87. The lowest BCUT2D eigenvalue weighted by molar-refractivity contribution is -0.135. The fraction of sp³-hybridized carbons (Fsp3) is 0.812. The first kappa shape index (κ1) is 27.1. The number of nitrogens with one attached hydrogen (secondary N) is 2. The molecular weight excluding hydrogens is 381 g/mol. The normalized spacial score (nSPS) is 15.7. The minimum atomic E-state index is -0.603. The predicted molar refractivity (Wildman–Crippen MR) is 107 cm³/mol. The van der Waals surface area contributed by atoms with E-state index < -0.39 is 6.04 Å². The largest absolute Gasteiger partial charge is 0.353 e. The van der Waals surface area contributed by atoms with E-state index in [0.29, 0.717) is 32.7 Å². The average Bonchev–Trinajstić information content (AvgIpc) is 2.51. The lowest BCUT2D eigenvalue weighted by Crippen LogP contribution is -2.54. The van der Waals surface area contributed by atoms with Crippen molar-refractivity contribution in [2.45, 2.75) is 39.8 Å². The molecule has 0 unspecified atom stereocenters. The van der Waals surface area contributed by atoms with Crippen LogP contribution in [0.15, 0.2) is 0 Å². The third-order valence-electron chi connectivity index (χ3n) is 3.98. The topological polar surface area (TPSA) is 108 Å². The van der Waals surface area contributed by atoms with Gasteiger partial charge in [-0.15, -0.1) is 24.8 Å². The molecule has 1 saturated heterocycles. The number of piperazine rings is 1. The first-order valence-corrected chi connectivity index (χ1v) is 8.53. The van der Waals surface area contributed by atoms with Crippen molar-refractivity contribution < 1.29 is 14.4 Å². The Bertz CT molecular complexity index is 455. The molecule has 10 heteroatoms. The van der Waals surface area contributed by atoms with E-state index in [0.717, 1.165) is 0 Å². The highest BCUT2D eigenvalue weighted by molar-refractivity contribution is 5.87. The number of rotatable bonds is 7. The van der Waals surface area contributed by atoms with Crippen LogP contribution in [0.4, 0.5) is 0 Å². The van der Waals surface area contributed by atoms with Crippen LogP contribution in [0.1, 0.15) is 27.7 Å². The zero-order valence-electron chi connectivity index (χ0n) is 16.0. The van der Waals surface area contributed by atoms with Crippen LogP contribution < -0.4 is 16.4 Å². The molecule has 0 spiro atoms. The van der Waals surface area contributed by atoms with Gasteiger partial charge in [0.25, 0.3) is 0 Å². The molecule has 1 aliphatic rings. The van der Waals surface area contributed by atoms with E-state index in [2.05, 4.69) is 10.6 Å². The Kier molecular flexibility index (Phi) is 13.7. The first-order valence-electron chi connectivity index (χ1n) is 8.53. The highest BCUT2D eigenvalue weighted by Gasteiger charge is 2.24. The maximum absolute atomic E-state index is 12.1. The van der Waals surface area contributed by atoms with Crippen LogP contribution in [0.2, 0.25) is 0 Å². The van der Waals surface area contributed by atoms with Gasteiger partial charge >= 0.3 is 0 Å². The van der Waals surface area contributed by atoms with Crippen molar-refractivity contribution in [1.29, 1.82) is 0 Å². The van der Waals surface area contributed by atoms with E-state index in [-0.39, 0.29) is 61.0 Å². The molecule has 3 amide bonds. The third-order valence-corrected chi connectivity index (χ3v) is 3.98. The summed E-state index contributed by atoms with van der Waals surface area (Å²) in [5, 5.41) is 5.45. The van der Waals surface area contributed by atoms with Gasteiger partial charge in [-0.05, 0) is 19.8 Å². The molecule has 1 aliphatic heterocycles. The van der Waals surface area contributed by atoms with Gasteiger partial charge in [-0.3, -0.25) is 19.3 Å². The molecule has 26 heavy (non-hydrogen) atoms. The van der Waals surface area contributed by atoms with E-state index in [1.165, 1.54) is 0 Å². The number of hydrogen-bond acceptors (Lipinski definition) is 5. The van der Waals surface area contributed by atoms with Gasteiger partial charge in [0.05, 0.1) is 19.1 Å². The van der Waals surface area contributed by atoms with Gasteiger partial charge < -0.3 is 21.3 Å². The maximum Gasteiger partial charge on any atom is 0.242 e. The smallest absolute Gasteiger partial charge is 0.242 e. The lowest BCUT2D eigenvalue weighted by atomic mass is 10.1. The maximum atomic E-state index is 12.1. The van der Waals surface area contributed by atoms with Crippen LogP contribution in [0.25, 0.3) is 0 Å². The Hall–Kier alpha value is -1.09. The predicted octanol–water partition coefficient (Wildman–Crippen LogP) is -0.402. The van der Waals surface area contributed by atoms with Crippen molar-refractivity contribution in [2.75, 3.05) is 39.3 Å². The van der Waals surface area contributed by atoms with Crippen molar-refractivity contribution in [3.8, 4) is 0 Å². The summed E-state index contributed by atoms with van der Waals surface area (Å²) in [7, 11) is 0. The SMILES string of the molecule is CC(C)NC(=O)CN1CCN(C(=O)CNC(=O)[C@@H](N)C(C)C)CC1.Cl.Cl. The number of hydrogen-bond donors (Lipinski definition) is 3. The monoisotopic (exact) mass is 413 g/mol. The van der Waals surface area contributed by atoms with Crippen LogP contribution in [0.3, 0.4) is 0 Å². The molecule has 1 fully saturated rings. The molecule has 0 saturated carbocycles. The minimum Gasteiger partial charge on any atom is -0.353 e. The van der Waals surface area contributed by atoms with Gasteiger partial charge in [-0.2, -0.15) is 0 Å².